The van der Waals surface area contributed by atoms with Gasteiger partial charge in [-0.2, -0.15) is 5.10 Å². The molecule has 29 heavy (non-hydrogen) atoms. The van der Waals surface area contributed by atoms with Gasteiger partial charge in [-0.05, 0) is 55.2 Å². The minimum atomic E-state index is -0.395. The molecule has 3 amide bonds. The molecular formula is C22H25FN4O2. The number of carbonyl (C=O) groups excluding carboxylic acids is 2. The summed E-state index contributed by atoms with van der Waals surface area (Å²) in [7, 11) is 0. The van der Waals surface area contributed by atoms with E-state index in [0.717, 1.165) is 16.8 Å². The topological polar surface area (TPSA) is 73.8 Å². The molecular weight excluding hydrogens is 371 g/mol. The second kappa shape index (κ2) is 9.32. The zero-order valence-electron chi connectivity index (χ0n) is 16.6. The lowest BCUT2D eigenvalue weighted by Crippen LogP contribution is -2.34. The summed E-state index contributed by atoms with van der Waals surface area (Å²) >= 11 is 0. The standard InChI is InChI=1S/C22H25FN4O2/c1-3-20-19(12-13-24-22(29)25-18-10-8-17(23)9-11-18)21(28)27(26-20)14-16-7-5-4-6-15(16)2/h4-11,19H,3,12-14H2,1-2H3,(H2,24,25,29)/t19-/m0/s1. The molecule has 0 aromatic heterocycles. The Kier molecular flexibility index (Phi) is 6.59. The number of carbonyl (C=O) groups is 2. The van der Waals surface area contributed by atoms with Crippen molar-refractivity contribution in [3.8, 4) is 0 Å². The number of urea groups is 1. The lowest BCUT2D eigenvalue weighted by Gasteiger charge is -2.16. The van der Waals surface area contributed by atoms with Crippen LogP contribution in [0.15, 0.2) is 53.6 Å². The van der Waals surface area contributed by atoms with Crippen molar-refractivity contribution in [3.05, 3.63) is 65.5 Å². The highest BCUT2D eigenvalue weighted by molar-refractivity contribution is 6.07. The van der Waals surface area contributed by atoms with Gasteiger partial charge in [-0.25, -0.2) is 14.2 Å². The quantitative estimate of drug-likeness (QED) is 0.740. The molecule has 1 aliphatic heterocycles. The lowest BCUT2D eigenvalue weighted by atomic mass is 9.97. The Bertz CT molecular complexity index is 911. The van der Waals surface area contributed by atoms with E-state index < -0.39 is 6.03 Å². The van der Waals surface area contributed by atoms with Gasteiger partial charge < -0.3 is 10.6 Å². The summed E-state index contributed by atoms with van der Waals surface area (Å²) in [6, 6.07) is 13.1. The van der Waals surface area contributed by atoms with E-state index in [1.54, 1.807) is 0 Å². The van der Waals surface area contributed by atoms with Gasteiger partial charge in [0.1, 0.15) is 5.82 Å². The van der Waals surface area contributed by atoms with Gasteiger partial charge in [0.2, 0.25) is 0 Å². The number of amides is 3. The smallest absolute Gasteiger partial charge is 0.319 e. The number of anilines is 1. The molecule has 6 nitrogen and oxygen atoms in total. The Morgan fingerprint density at radius 3 is 2.59 bits per heavy atom. The van der Waals surface area contributed by atoms with E-state index in [4.69, 9.17) is 0 Å². The molecule has 0 fully saturated rings. The van der Waals surface area contributed by atoms with Gasteiger partial charge in [-0.3, -0.25) is 4.79 Å². The third-order valence-corrected chi connectivity index (χ3v) is 4.97. The Morgan fingerprint density at radius 1 is 1.17 bits per heavy atom. The zero-order valence-corrected chi connectivity index (χ0v) is 16.6. The summed E-state index contributed by atoms with van der Waals surface area (Å²) in [6.07, 6.45) is 1.16. The number of aryl methyl sites for hydroxylation is 1. The summed E-state index contributed by atoms with van der Waals surface area (Å²) in [6.45, 7) is 4.77. The molecule has 0 spiro atoms. The maximum absolute atomic E-state index is 12.9. The van der Waals surface area contributed by atoms with Crippen LogP contribution in [-0.4, -0.2) is 29.2 Å². The number of nitrogens with one attached hydrogen (secondary N) is 2. The van der Waals surface area contributed by atoms with E-state index in [2.05, 4.69) is 15.7 Å². The van der Waals surface area contributed by atoms with E-state index in [9.17, 15) is 14.0 Å². The Morgan fingerprint density at radius 2 is 1.90 bits per heavy atom. The van der Waals surface area contributed by atoms with E-state index in [-0.39, 0.29) is 17.6 Å². The van der Waals surface area contributed by atoms with Crippen molar-refractivity contribution in [2.24, 2.45) is 11.0 Å². The Balaban J connectivity index is 1.53. The van der Waals surface area contributed by atoms with Crippen molar-refractivity contribution in [1.29, 1.82) is 0 Å². The van der Waals surface area contributed by atoms with Crippen molar-refractivity contribution in [2.45, 2.75) is 33.2 Å². The first-order valence-electron chi connectivity index (χ1n) is 9.71. The molecule has 0 unspecified atom stereocenters. The Labute approximate surface area is 169 Å². The van der Waals surface area contributed by atoms with Crippen LogP contribution in [0.2, 0.25) is 0 Å². The fourth-order valence-electron chi connectivity index (χ4n) is 3.30. The maximum Gasteiger partial charge on any atom is 0.319 e. The predicted molar refractivity (Wildman–Crippen MR) is 111 cm³/mol. The normalized spacial score (nSPS) is 16.0. The second-order valence-electron chi connectivity index (χ2n) is 7.00. The van der Waals surface area contributed by atoms with Crippen LogP contribution >= 0.6 is 0 Å². The average molecular weight is 396 g/mol. The third-order valence-electron chi connectivity index (χ3n) is 4.97. The molecule has 0 bridgehead atoms. The number of nitrogens with zero attached hydrogens (tertiary/aromatic N) is 2. The highest BCUT2D eigenvalue weighted by Crippen LogP contribution is 2.23. The van der Waals surface area contributed by atoms with Gasteiger partial charge in [0.25, 0.3) is 5.91 Å². The van der Waals surface area contributed by atoms with E-state index in [1.165, 1.54) is 29.3 Å². The third kappa shape index (κ3) is 5.19. The lowest BCUT2D eigenvalue weighted by molar-refractivity contribution is -0.132. The number of benzene rings is 2. The van der Waals surface area contributed by atoms with E-state index in [0.29, 0.717) is 31.6 Å². The molecule has 152 valence electrons. The molecule has 1 heterocycles. The molecule has 2 N–H and O–H groups in total. The number of halogens is 1. The van der Waals surface area contributed by atoms with Crippen molar-refractivity contribution >= 4 is 23.3 Å². The second-order valence-corrected chi connectivity index (χ2v) is 7.00. The summed E-state index contributed by atoms with van der Waals surface area (Å²) in [5.41, 5.74) is 3.53. The number of rotatable bonds is 7. The maximum atomic E-state index is 12.9. The molecule has 0 saturated heterocycles. The molecule has 1 aliphatic rings. The monoisotopic (exact) mass is 396 g/mol. The molecule has 2 aromatic carbocycles. The van der Waals surface area contributed by atoms with Gasteiger partial charge >= 0.3 is 6.03 Å². The Hall–Kier alpha value is -3.22. The molecule has 0 radical (unpaired) electrons. The first kappa shape index (κ1) is 20.5. The fourth-order valence-corrected chi connectivity index (χ4v) is 3.30. The van der Waals surface area contributed by atoms with Crippen LogP contribution in [0.1, 0.15) is 30.9 Å². The predicted octanol–water partition coefficient (Wildman–Crippen LogP) is 4.07. The summed E-state index contributed by atoms with van der Waals surface area (Å²) in [4.78, 5) is 24.8. The van der Waals surface area contributed by atoms with E-state index in [1.807, 2.05) is 38.1 Å². The highest BCUT2D eigenvalue weighted by Gasteiger charge is 2.34. The number of hydrogen-bond acceptors (Lipinski definition) is 3. The minimum Gasteiger partial charge on any atom is -0.338 e. The first-order valence-corrected chi connectivity index (χ1v) is 9.71. The van der Waals surface area contributed by atoms with Crippen LogP contribution in [-0.2, 0) is 11.3 Å². The molecule has 0 saturated carbocycles. The van der Waals surface area contributed by atoms with Crippen molar-refractivity contribution < 1.29 is 14.0 Å². The van der Waals surface area contributed by atoms with E-state index >= 15 is 0 Å². The molecule has 1 atom stereocenters. The SMILES string of the molecule is CCC1=NN(Cc2ccccc2C)C(=O)[C@H]1CCNC(=O)Nc1ccc(F)cc1. The number of hydrazone groups is 1. The minimum absolute atomic E-state index is 0.0363. The van der Waals surface area contributed by atoms with Crippen LogP contribution in [0.5, 0.6) is 0 Å². The highest BCUT2D eigenvalue weighted by atomic mass is 19.1. The van der Waals surface area contributed by atoms with Crippen LogP contribution in [0.3, 0.4) is 0 Å². The molecule has 7 heteroatoms. The average Bonchev–Trinajstić information content (AvgIpc) is 3.00. The molecule has 0 aliphatic carbocycles. The van der Waals surface area contributed by atoms with Crippen LogP contribution in [0.25, 0.3) is 0 Å². The van der Waals surface area contributed by atoms with Gasteiger partial charge in [0, 0.05) is 12.2 Å². The van der Waals surface area contributed by atoms with Crippen molar-refractivity contribution in [3.63, 3.8) is 0 Å². The van der Waals surface area contributed by atoms with Gasteiger partial charge in [0.15, 0.2) is 0 Å². The van der Waals surface area contributed by atoms with Crippen molar-refractivity contribution in [2.75, 3.05) is 11.9 Å². The fraction of sp³-hybridized carbons (Fsp3) is 0.318. The first-order chi connectivity index (χ1) is 14.0. The van der Waals surface area contributed by atoms with Crippen LogP contribution < -0.4 is 10.6 Å². The molecule has 3 rings (SSSR count). The summed E-state index contributed by atoms with van der Waals surface area (Å²) in [5.74, 6) is -0.724. The van der Waals surface area contributed by atoms with Gasteiger partial charge in [0.05, 0.1) is 18.2 Å². The summed E-state index contributed by atoms with van der Waals surface area (Å²) < 4.78 is 12.9. The zero-order chi connectivity index (χ0) is 20.8. The largest absolute Gasteiger partial charge is 0.338 e. The van der Waals surface area contributed by atoms with Crippen LogP contribution in [0.4, 0.5) is 14.9 Å². The summed E-state index contributed by atoms with van der Waals surface area (Å²) in [5, 5.41) is 11.4. The van der Waals surface area contributed by atoms with Gasteiger partial charge in [-0.1, -0.05) is 31.2 Å². The van der Waals surface area contributed by atoms with Gasteiger partial charge in [-0.15, -0.1) is 0 Å². The van der Waals surface area contributed by atoms with Crippen molar-refractivity contribution in [1.82, 2.24) is 10.3 Å². The van der Waals surface area contributed by atoms with Crippen LogP contribution in [0, 0.1) is 18.7 Å². The number of hydrogen-bond donors (Lipinski definition) is 2. The molecule has 2 aromatic rings.